The lowest BCUT2D eigenvalue weighted by Crippen LogP contribution is -1.83. The summed E-state index contributed by atoms with van der Waals surface area (Å²) in [6.07, 6.45) is 0. The minimum atomic E-state index is 0.545. The molecule has 68 valence electrons. The molecule has 0 aliphatic rings. The molecule has 13 heavy (non-hydrogen) atoms. The van der Waals surface area contributed by atoms with E-state index in [-0.39, 0.29) is 0 Å². The maximum atomic E-state index is 5.85. The molecule has 0 spiro atoms. The van der Waals surface area contributed by atoms with Gasteiger partial charge in [-0.3, -0.25) is 0 Å². The van der Waals surface area contributed by atoms with Crippen molar-refractivity contribution in [3.05, 3.63) is 27.3 Å². The van der Waals surface area contributed by atoms with E-state index < -0.39 is 0 Å². The Labute approximate surface area is 99.0 Å². The Hall–Kier alpha value is -0.000000000000000111. The van der Waals surface area contributed by atoms with E-state index in [2.05, 4.69) is 28.7 Å². The highest BCUT2D eigenvalue weighted by molar-refractivity contribution is 14.1. The molecule has 0 saturated heterocycles. The number of nitrogen functional groups attached to an aromatic ring is 1. The van der Waals surface area contributed by atoms with Gasteiger partial charge in [0.05, 0.1) is 3.57 Å². The predicted molar refractivity (Wildman–Crippen MR) is 68.5 cm³/mol. The second-order valence-corrected chi connectivity index (χ2v) is 5.13. The number of rotatable bonds is 1. The van der Waals surface area contributed by atoms with Crippen LogP contribution in [0.25, 0.3) is 10.1 Å². The average molecular weight is 324 g/mol. The van der Waals surface area contributed by atoms with Crippen LogP contribution >= 0.6 is 45.5 Å². The van der Waals surface area contributed by atoms with Gasteiger partial charge in [0.1, 0.15) is 5.00 Å². The van der Waals surface area contributed by atoms with Gasteiger partial charge in [-0.2, -0.15) is 0 Å². The Balaban J connectivity index is 2.87. The van der Waals surface area contributed by atoms with Crippen molar-refractivity contribution < 1.29 is 0 Å². The lowest BCUT2D eigenvalue weighted by molar-refractivity contribution is 1.46. The monoisotopic (exact) mass is 323 g/mol. The third kappa shape index (κ3) is 1.53. The lowest BCUT2D eigenvalue weighted by Gasteiger charge is -1.97. The van der Waals surface area contributed by atoms with E-state index in [0.717, 1.165) is 14.1 Å². The average Bonchev–Trinajstić information content (AvgIpc) is 2.43. The van der Waals surface area contributed by atoms with Crippen molar-refractivity contribution in [3.63, 3.8) is 0 Å². The van der Waals surface area contributed by atoms with E-state index in [9.17, 15) is 0 Å². The van der Waals surface area contributed by atoms with Crippen LogP contribution in [0.3, 0.4) is 0 Å². The number of fused-ring (bicyclic) bond motifs is 1. The van der Waals surface area contributed by atoms with Gasteiger partial charge in [-0.25, -0.2) is 0 Å². The molecular weight excluding hydrogens is 317 g/mol. The van der Waals surface area contributed by atoms with Gasteiger partial charge in [0, 0.05) is 16.0 Å². The van der Waals surface area contributed by atoms with Crippen molar-refractivity contribution in [2.45, 2.75) is 5.88 Å². The highest BCUT2D eigenvalue weighted by atomic mass is 127. The van der Waals surface area contributed by atoms with Crippen LogP contribution in [0.1, 0.15) is 5.56 Å². The van der Waals surface area contributed by atoms with Crippen LogP contribution in [0.5, 0.6) is 0 Å². The third-order valence-corrected chi connectivity index (χ3v) is 4.67. The molecule has 0 fully saturated rings. The molecule has 1 aromatic heterocycles. The Kier molecular flexibility index (Phi) is 2.67. The van der Waals surface area contributed by atoms with Crippen LogP contribution in [-0.2, 0) is 5.88 Å². The third-order valence-electron chi connectivity index (χ3n) is 1.91. The number of nitrogens with two attached hydrogens (primary N) is 1. The topological polar surface area (TPSA) is 26.0 Å². The molecule has 0 aliphatic carbocycles. The van der Waals surface area contributed by atoms with Crippen LogP contribution in [0, 0.1) is 3.57 Å². The zero-order chi connectivity index (χ0) is 9.42. The fraction of sp³-hybridized carbons (Fsp3) is 0.111. The summed E-state index contributed by atoms with van der Waals surface area (Å²) in [4.78, 5) is 0. The molecule has 2 aromatic rings. The molecule has 0 unspecified atom stereocenters. The van der Waals surface area contributed by atoms with Crippen molar-refractivity contribution in [2.24, 2.45) is 0 Å². The number of benzene rings is 1. The molecule has 2 N–H and O–H groups in total. The van der Waals surface area contributed by atoms with Gasteiger partial charge in [0.2, 0.25) is 0 Å². The number of hydrogen-bond acceptors (Lipinski definition) is 2. The Morgan fingerprint density at radius 2 is 2.23 bits per heavy atom. The summed E-state index contributed by atoms with van der Waals surface area (Å²) < 4.78 is 2.36. The first kappa shape index (κ1) is 9.55. The van der Waals surface area contributed by atoms with Crippen molar-refractivity contribution in [2.75, 3.05) is 5.73 Å². The van der Waals surface area contributed by atoms with Crippen molar-refractivity contribution >= 4 is 60.6 Å². The standard InChI is InChI=1S/C9H7ClINS/c10-4-5-2-1-3-6-7(5)8(11)9(12)13-6/h1-3H,4,12H2. The summed E-state index contributed by atoms with van der Waals surface area (Å²) in [6.45, 7) is 0. The summed E-state index contributed by atoms with van der Waals surface area (Å²) >= 11 is 9.74. The largest absolute Gasteiger partial charge is 0.390 e. The van der Waals surface area contributed by atoms with Crippen LogP contribution in [0.4, 0.5) is 5.00 Å². The maximum Gasteiger partial charge on any atom is 0.100 e. The van der Waals surface area contributed by atoms with Gasteiger partial charge in [0.25, 0.3) is 0 Å². The lowest BCUT2D eigenvalue weighted by atomic mass is 10.1. The zero-order valence-corrected chi connectivity index (χ0v) is 10.4. The first-order valence-corrected chi connectivity index (χ1v) is 6.18. The highest BCUT2D eigenvalue weighted by Crippen LogP contribution is 2.36. The number of halogens is 2. The van der Waals surface area contributed by atoms with Crippen molar-refractivity contribution in [3.8, 4) is 0 Å². The van der Waals surface area contributed by atoms with Gasteiger partial charge in [-0.1, -0.05) is 12.1 Å². The number of anilines is 1. The van der Waals surface area contributed by atoms with E-state index in [0.29, 0.717) is 5.88 Å². The van der Waals surface area contributed by atoms with E-state index in [1.54, 1.807) is 11.3 Å². The fourth-order valence-electron chi connectivity index (χ4n) is 1.31. The number of thiophene rings is 1. The molecule has 1 heterocycles. The predicted octanol–water partition coefficient (Wildman–Crippen LogP) is 3.83. The normalized spacial score (nSPS) is 10.9. The van der Waals surface area contributed by atoms with Crippen molar-refractivity contribution in [1.82, 2.24) is 0 Å². The van der Waals surface area contributed by atoms with Crippen LogP contribution in [0.2, 0.25) is 0 Å². The van der Waals surface area contributed by atoms with Crippen LogP contribution in [0.15, 0.2) is 18.2 Å². The second-order valence-electron chi connectivity index (χ2n) is 2.70. The zero-order valence-electron chi connectivity index (χ0n) is 6.68. The van der Waals surface area contributed by atoms with Crippen LogP contribution in [-0.4, -0.2) is 0 Å². The number of alkyl halides is 1. The molecule has 0 saturated carbocycles. The molecule has 2 rings (SSSR count). The maximum absolute atomic E-state index is 5.85. The fourth-order valence-corrected chi connectivity index (χ4v) is 3.59. The molecule has 0 atom stereocenters. The van der Waals surface area contributed by atoms with Gasteiger partial charge in [-0.05, 0) is 34.2 Å². The summed E-state index contributed by atoms with van der Waals surface area (Å²) in [5.74, 6) is 0.545. The van der Waals surface area contributed by atoms with Crippen LogP contribution < -0.4 is 5.73 Å². The summed E-state index contributed by atoms with van der Waals surface area (Å²) in [5, 5.41) is 2.11. The molecule has 0 bridgehead atoms. The minimum absolute atomic E-state index is 0.545. The number of hydrogen-bond donors (Lipinski definition) is 1. The van der Waals surface area contributed by atoms with E-state index in [1.165, 1.54) is 10.1 Å². The van der Waals surface area contributed by atoms with Gasteiger partial charge >= 0.3 is 0 Å². The van der Waals surface area contributed by atoms with Gasteiger partial charge in [0.15, 0.2) is 0 Å². The Bertz CT molecular complexity index is 452. The summed E-state index contributed by atoms with van der Waals surface area (Å²) in [6, 6.07) is 6.14. The van der Waals surface area contributed by atoms with Gasteiger partial charge in [-0.15, -0.1) is 22.9 Å². The second kappa shape index (κ2) is 3.63. The van der Waals surface area contributed by atoms with E-state index in [4.69, 9.17) is 17.3 Å². The van der Waals surface area contributed by atoms with Crippen molar-refractivity contribution in [1.29, 1.82) is 0 Å². The molecular formula is C9H7ClINS. The Morgan fingerprint density at radius 3 is 2.92 bits per heavy atom. The molecule has 1 nitrogen and oxygen atoms in total. The smallest absolute Gasteiger partial charge is 0.100 e. The first-order valence-electron chi connectivity index (χ1n) is 3.75. The SMILES string of the molecule is Nc1sc2cccc(CCl)c2c1I. The minimum Gasteiger partial charge on any atom is -0.390 e. The molecule has 0 amide bonds. The molecule has 0 aliphatic heterocycles. The molecule has 4 heteroatoms. The molecule has 0 radical (unpaired) electrons. The highest BCUT2D eigenvalue weighted by Gasteiger charge is 2.09. The quantitative estimate of drug-likeness (QED) is 0.626. The molecule has 1 aromatic carbocycles. The van der Waals surface area contributed by atoms with Gasteiger partial charge < -0.3 is 5.73 Å². The summed E-state index contributed by atoms with van der Waals surface area (Å²) in [7, 11) is 0. The van der Waals surface area contributed by atoms with E-state index >= 15 is 0 Å². The summed E-state index contributed by atoms with van der Waals surface area (Å²) in [5.41, 5.74) is 7.01. The van der Waals surface area contributed by atoms with E-state index in [1.807, 2.05) is 12.1 Å². The first-order chi connectivity index (χ1) is 6.24. The Morgan fingerprint density at radius 1 is 1.46 bits per heavy atom.